The fourth-order valence-corrected chi connectivity index (χ4v) is 1.90. The van der Waals surface area contributed by atoms with E-state index in [0.717, 1.165) is 23.0 Å². The summed E-state index contributed by atoms with van der Waals surface area (Å²) in [6, 6.07) is 11.5. The monoisotopic (exact) mass is 246 g/mol. The van der Waals surface area contributed by atoms with Gasteiger partial charge in [0.2, 0.25) is 0 Å². The molecule has 0 aliphatic rings. The predicted octanol–water partition coefficient (Wildman–Crippen LogP) is 4.41. The fraction of sp³-hybridized carbons (Fsp3) is 0.133. The molecule has 2 aromatic rings. The first-order valence-corrected chi connectivity index (χ1v) is 5.56. The lowest BCUT2D eigenvalue weighted by molar-refractivity contribution is 0.112. The zero-order valence-electron chi connectivity index (χ0n) is 9.86. The Labute approximate surface area is 104 Å². The van der Waals surface area contributed by atoms with Crippen LogP contribution < -0.4 is 0 Å². The van der Waals surface area contributed by atoms with Crippen molar-refractivity contribution in [3.8, 4) is 11.1 Å². The highest BCUT2D eigenvalue weighted by Crippen LogP contribution is 2.27. The third kappa shape index (κ3) is 2.30. The van der Waals surface area contributed by atoms with Crippen LogP contribution in [0.15, 0.2) is 42.5 Å². The molecule has 3 heteroatoms. The number of aldehydes is 1. The number of alkyl halides is 2. The maximum absolute atomic E-state index is 12.5. The summed E-state index contributed by atoms with van der Waals surface area (Å²) in [6.45, 7) is 1.85. The lowest BCUT2D eigenvalue weighted by atomic mass is 9.96. The van der Waals surface area contributed by atoms with Crippen LogP contribution in [0.4, 0.5) is 8.78 Å². The van der Waals surface area contributed by atoms with Crippen molar-refractivity contribution in [2.75, 3.05) is 0 Å². The van der Waals surface area contributed by atoms with E-state index in [1.165, 1.54) is 12.1 Å². The van der Waals surface area contributed by atoms with Gasteiger partial charge in [-0.25, -0.2) is 8.78 Å². The fourth-order valence-electron chi connectivity index (χ4n) is 1.90. The number of carbonyl (C=O) groups excluding carboxylic acids is 1. The van der Waals surface area contributed by atoms with Crippen LogP contribution in [-0.4, -0.2) is 6.29 Å². The van der Waals surface area contributed by atoms with Crippen LogP contribution in [0, 0.1) is 6.92 Å². The Balaban J connectivity index is 2.46. The molecule has 1 nitrogen and oxygen atoms in total. The van der Waals surface area contributed by atoms with Crippen molar-refractivity contribution < 1.29 is 13.6 Å². The van der Waals surface area contributed by atoms with E-state index in [2.05, 4.69) is 0 Å². The summed E-state index contributed by atoms with van der Waals surface area (Å²) >= 11 is 0. The molecule has 0 atom stereocenters. The first-order chi connectivity index (χ1) is 8.63. The van der Waals surface area contributed by atoms with Crippen LogP contribution >= 0.6 is 0 Å². The Bertz CT molecular complexity index is 559. The highest BCUT2D eigenvalue weighted by molar-refractivity contribution is 5.82. The normalized spacial score (nSPS) is 10.7. The summed E-state index contributed by atoms with van der Waals surface area (Å²) in [5, 5.41) is 0. The third-order valence-electron chi connectivity index (χ3n) is 2.98. The molecule has 0 aliphatic carbocycles. The van der Waals surface area contributed by atoms with Crippen LogP contribution in [0.3, 0.4) is 0 Å². The van der Waals surface area contributed by atoms with Crippen molar-refractivity contribution in [1.29, 1.82) is 0 Å². The van der Waals surface area contributed by atoms with E-state index in [0.29, 0.717) is 5.56 Å². The Morgan fingerprint density at radius 1 is 1.06 bits per heavy atom. The van der Waals surface area contributed by atoms with E-state index >= 15 is 0 Å². The van der Waals surface area contributed by atoms with Gasteiger partial charge in [-0.15, -0.1) is 0 Å². The molecule has 0 aromatic heterocycles. The SMILES string of the molecule is Cc1c(C=O)cccc1-c1ccc(C(F)F)cc1. The van der Waals surface area contributed by atoms with Crippen molar-refractivity contribution in [2.24, 2.45) is 0 Å². The molecule has 0 unspecified atom stereocenters. The minimum Gasteiger partial charge on any atom is -0.298 e. The molecule has 0 saturated carbocycles. The largest absolute Gasteiger partial charge is 0.298 e. The predicted molar refractivity (Wildman–Crippen MR) is 67.0 cm³/mol. The molecular weight excluding hydrogens is 234 g/mol. The van der Waals surface area contributed by atoms with Crippen LogP contribution in [0.25, 0.3) is 11.1 Å². The van der Waals surface area contributed by atoms with E-state index in [4.69, 9.17) is 0 Å². The molecule has 0 N–H and O–H groups in total. The smallest absolute Gasteiger partial charge is 0.263 e. The maximum Gasteiger partial charge on any atom is 0.263 e. The lowest BCUT2D eigenvalue weighted by Gasteiger charge is -2.08. The van der Waals surface area contributed by atoms with Gasteiger partial charge in [-0.05, 0) is 23.6 Å². The van der Waals surface area contributed by atoms with Crippen molar-refractivity contribution in [2.45, 2.75) is 13.3 Å². The number of rotatable bonds is 3. The number of carbonyl (C=O) groups is 1. The second-order valence-electron chi connectivity index (χ2n) is 4.06. The van der Waals surface area contributed by atoms with E-state index < -0.39 is 6.43 Å². The van der Waals surface area contributed by atoms with Gasteiger partial charge in [-0.1, -0.05) is 42.5 Å². The zero-order chi connectivity index (χ0) is 13.1. The maximum atomic E-state index is 12.5. The molecule has 2 aromatic carbocycles. The van der Waals surface area contributed by atoms with E-state index in [1.807, 2.05) is 13.0 Å². The molecule has 18 heavy (non-hydrogen) atoms. The average Bonchev–Trinajstić information content (AvgIpc) is 2.39. The molecule has 92 valence electrons. The van der Waals surface area contributed by atoms with Crippen molar-refractivity contribution in [3.63, 3.8) is 0 Å². The van der Waals surface area contributed by atoms with E-state index in [1.54, 1.807) is 24.3 Å². The molecule has 0 bridgehead atoms. The lowest BCUT2D eigenvalue weighted by Crippen LogP contribution is -1.91. The molecular formula is C15H12F2O. The van der Waals surface area contributed by atoms with Crippen molar-refractivity contribution >= 4 is 6.29 Å². The van der Waals surface area contributed by atoms with Gasteiger partial charge < -0.3 is 0 Å². The van der Waals surface area contributed by atoms with Crippen LogP contribution in [0.5, 0.6) is 0 Å². The molecule has 0 saturated heterocycles. The highest BCUT2D eigenvalue weighted by atomic mass is 19.3. The number of halogens is 2. The summed E-state index contributed by atoms with van der Waals surface area (Å²) in [5.74, 6) is 0. The molecule has 0 spiro atoms. The standard InChI is InChI=1S/C15H12F2O/c1-10-13(9-18)3-2-4-14(10)11-5-7-12(8-6-11)15(16)17/h2-9,15H,1H3. The number of benzene rings is 2. The van der Waals surface area contributed by atoms with E-state index in [9.17, 15) is 13.6 Å². The van der Waals surface area contributed by atoms with E-state index in [-0.39, 0.29) is 5.56 Å². The Kier molecular flexibility index (Phi) is 3.51. The minimum atomic E-state index is -2.46. The van der Waals surface area contributed by atoms with Gasteiger partial charge in [0.05, 0.1) is 0 Å². The summed E-state index contributed by atoms with van der Waals surface area (Å²) in [5.41, 5.74) is 3.20. The number of hydrogen-bond donors (Lipinski definition) is 0. The highest BCUT2D eigenvalue weighted by Gasteiger charge is 2.08. The van der Waals surface area contributed by atoms with Crippen molar-refractivity contribution in [1.82, 2.24) is 0 Å². The van der Waals surface area contributed by atoms with Gasteiger partial charge in [0.25, 0.3) is 6.43 Å². The molecule has 0 radical (unpaired) electrons. The zero-order valence-corrected chi connectivity index (χ0v) is 9.86. The first kappa shape index (κ1) is 12.4. The van der Waals surface area contributed by atoms with Crippen LogP contribution in [0.2, 0.25) is 0 Å². The minimum absolute atomic E-state index is 0.00273. The quantitative estimate of drug-likeness (QED) is 0.733. The molecule has 0 aliphatic heterocycles. The summed E-state index contributed by atoms with van der Waals surface area (Å²) in [7, 11) is 0. The van der Waals surface area contributed by atoms with Gasteiger partial charge >= 0.3 is 0 Å². The average molecular weight is 246 g/mol. The topological polar surface area (TPSA) is 17.1 Å². The molecule has 0 amide bonds. The molecule has 2 rings (SSSR count). The second kappa shape index (κ2) is 5.08. The van der Waals surface area contributed by atoms with Gasteiger partial charge in [0.1, 0.15) is 6.29 Å². The first-order valence-electron chi connectivity index (χ1n) is 5.56. The third-order valence-corrected chi connectivity index (χ3v) is 2.98. The van der Waals surface area contributed by atoms with Gasteiger partial charge in [0, 0.05) is 11.1 Å². The van der Waals surface area contributed by atoms with Crippen molar-refractivity contribution in [3.05, 3.63) is 59.2 Å². The summed E-state index contributed by atoms with van der Waals surface area (Å²) in [6.07, 6.45) is -1.66. The van der Waals surface area contributed by atoms with Gasteiger partial charge in [-0.2, -0.15) is 0 Å². The van der Waals surface area contributed by atoms with Gasteiger partial charge in [-0.3, -0.25) is 4.79 Å². The molecule has 0 fully saturated rings. The Morgan fingerprint density at radius 2 is 1.72 bits per heavy atom. The summed E-state index contributed by atoms with van der Waals surface area (Å²) in [4.78, 5) is 10.9. The Hall–Kier alpha value is -2.03. The summed E-state index contributed by atoms with van der Waals surface area (Å²) < 4.78 is 24.9. The second-order valence-corrected chi connectivity index (χ2v) is 4.06. The Morgan fingerprint density at radius 3 is 2.28 bits per heavy atom. The number of hydrogen-bond acceptors (Lipinski definition) is 1. The van der Waals surface area contributed by atoms with Gasteiger partial charge in [0.15, 0.2) is 0 Å². The van der Waals surface area contributed by atoms with Crippen LogP contribution in [-0.2, 0) is 0 Å². The van der Waals surface area contributed by atoms with Crippen LogP contribution in [0.1, 0.15) is 27.9 Å². The molecule has 0 heterocycles.